The molecule has 4 nitrogen and oxygen atoms in total. The lowest BCUT2D eigenvalue weighted by Gasteiger charge is -2.27. The summed E-state index contributed by atoms with van der Waals surface area (Å²) < 4.78 is 2.36. The van der Waals surface area contributed by atoms with Gasteiger partial charge in [0.05, 0.1) is 22.4 Å². The third-order valence-corrected chi connectivity index (χ3v) is 12.0. The van der Waals surface area contributed by atoms with Crippen LogP contribution in [0.5, 0.6) is 0 Å². The summed E-state index contributed by atoms with van der Waals surface area (Å²) in [5.74, 6) is 0.696. The smallest absolute Gasteiger partial charge is 0.160 e. The molecule has 4 heteroatoms. The van der Waals surface area contributed by atoms with E-state index in [4.69, 9.17) is 9.97 Å². The van der Waals surface area contributed by atoms with Crippen LogP contribution < -0.4 is 4.90 Å². The molecular weight excluding hydrogens is 765 g/mol. The normalized spacial score (nSPS) is 13.6. The molecule has 0 bridgehead atoms. The fourth-order valence-electron chi connectivity index (χ4n) is 8.80. The third-order valence-electron chi connectivity index (χ3n) is 12.0. The molecule has 0 atom stereocenters. The Morgan fingerprint density at radius 2 is 0.968 bits per heavy atom. The molecule has 1 aliphatic rings. The van der Waals surface area contributed by atoms with Crippen molar-refractivity contribution in [2.45, 2.75) is 0 Å². The zero-order valence-corrected chi connectivity index (χ0v) is 34.6. The first-order valence-electron chi connectivity index (χ1n) is 21.4. The first-order chi connectivity index (χ1) is 31.1. The Hall–Kier alpha value is -8.34. The van der Waals surface area contributed by atoms with Crippen LogP contribution in [0.1, 0.15) is 5.56 Å². The Kier molecular flexibility index (Phi) is 9.72. The molecule has 10 aromatic rings. The Morgan fingerprint density at radius 3 is 1.70 bits per heavy atom. The van der Waals surface area contributed by atoms with Crippen molar-refractivity contribution in [3.63, 3.8) is 0 Å². The largest absolute Gasteiger partial charge is 0.337 e. The van der Waals surface area contributed by atoms with Crippen molar-refractivity contribution in [3.05, 3.63) is 243 Å². The molecule has 8 aromatic carbocycles. The molecule has 0 N–H and O–H groups in total. The summed E-state index contributed by atoms with van der Waals surface area (Å²) in [7, 11) is 0. The maximum atomic E-state index is 5.13. The first-order valence-corrected chi connectivity index (χ1v) is 21.4. The second-order valence-corrected chi connectivity index (χ2v) is 15.9. The Bertz CT molecular complexity index is 3340. The zero-order valence-electron chi connectivity index (χ0n) is 34.6. The van der Waals surface area contributed by atoms with Crippen LogP contribution in [0.25, 0.3) is 89.2 Å². The van der Waals surface area contributed by atoms with Gasteiger partial charge in [-0.05, 0) is 88.5 Å². The molecule has 1 aliphatic heterocycles. The fraction of sp³-hybridized carbons (Fsp3) is 0.0169. The highest BCUT2D eigenvalue weighted by atomic mass is 15.1. The topological polar surface area (TPSA) is 34.0 Å². The molecule has 0 radical (unpaired) electrons. The summed E-state index contributed by atoms with van der Waals surface area (Å²) in [5.41, 5.74) is 17.2. The molecule has 0 saturated carbocycles. The minimum Gasteiger partial charge on any atom is -0.337 e. The van der Waals surface area contributed by atoms with E-state index in [1.54, 1.807) is 0 Å². The van der Waals surface area contributed by atoms with Gasteiger partial charge in [-0.1, -0.05) is 176 Å². The predicted octanol–water partition coefficient (Wildman–Crippen LogP) is 15.2. The number of hydrogen-bond donors (Lipinski definition) is 0. The number of fused-ring (bicyclic) bond motifs is 4. The van der Waals surface area contributed by atoms with Crippen molar-refractivity contribution < 1.29 is 0 Å². The van der Waals surface area contributed by atoms with Gasteiger partial charge in [0.25, 0.3) is 0 Å². The van der Waals surface area contributed by atoms with Crippen molar-refractivity contribution in [2.75, 3.05) is 11.4 Å². The number of hydrogen-bond acceptors (Lipinski definition) is 3. The monoisotopic (exact) mass is 806 g/mol. The second-order valence-electron chi connectivity index (χ2n) is 15.9. The van der Waals surface area contributed by atoms with Crippen LogP contribution in [0.15, 0.2) is 237 Å². The highest BCUT2D eigenvalue weighted by Gasteiger charge is 2.19. The van der Waals surface area contributed by atoms with Crippen molar-refractivity contribution in [1.82, 2.24) is 14.5 Å². The van der Waals surface area contributed by atoms with E-state index in [1.165, 1.54) is 32.9 Å². The summed E-state index contributed by atoms with van der Waals surface area (Å²) in [6.07, 6.45) is 8.50. The van der Waals surface area contributed by atoms with E-state index in [2.05, 4.69) is 222 Å². The van der Waals surface area contributed by atoms with E-state index in [0.29, 0.717) is 12.4 Å². The van der Waals surface area contributed by atoms with Crippen molar-refractivity contribution in [2.24, 2.45) is 0 Å². The van der Waals surface area contributed by atoms with E-state index in [9.17, 15) is 0 Å². The molecule has 298 valence electrons. The number of para-hydroxylation sites is 2. The molecule has 0 saturated heterocycles. The van der Waals surface area contributed by atoms with Gasteiger partial charge in [0, 0.05) is 56.6 Å². The van der Waals surface area contributed by atoms with E-state index >= 15 is 0 Å². The van der Waals surface area contributed by atoms with Gasteiger partial charge in [-0.15, -0.1) is 0 Å². The standard InChI is InChI=1S/C59H42N4/c1-41-16-6-5-15-37-62(56-35-31-47(38-52(41)56)48-32-36-58-53(39-48)51-23-13-14-24-57(51)63(58)50-21-11-4-12-22-50)49-33-29-45(30-34-49)55-40-54(60-59(61-55)46-19-9-3-10-20-46)44-27-25-43(26-28-44)42-17-7-2-8-18-42/h2-36,38-40H,1,37H2/b15-5-,16-6-. The van der Waals surface area contributed by atoms with Crippen molar-refractivity contribution >= 4 is 38.8 Å². The van der Waals surface area contributed by atoms with Gasteiger partial charge < -0.3 is 9.47 Å². The molecule has 11 rings (SSSR count). The van der Waals surface area contributed by atoms with Crippen molar-refractivity contribution in [3.8, 4) is 61.8 Å². The van der Waals surface area contributed by atoms with Gasteiger partial charge in [0.1, 0.15) is 0 Å². The Labute approximate surface area is 367 Å². The summed E-state index contributed by atoms with van der Waals surface area (Å²) in [4.78, 5) is 12.6. The molecular formula is C59H42N4. The molecule has 63 heavy (non-hydrogen) atoms. The molecule has 0 aliphatic carbocycles. The lowest BCUT2D eigenvalue weighted by atomic mass is 9.96. The average Bonchev–Trinajstić information content (AvgIpc) is 3.72. The summed E-state index contributed by atoms with van der Waals surface area (Å²) in [6, 6.07) is 73.1. The van der Waals surface area contributed by atoms with Crippen LogP contribution >= 0.6 is 0 Å². The first kappa shape index (κ1) is 37.6. The second kappa shape index (κ2) is 16.3. The van der Waals surface area contributed by atoms with Gasteiger partial charge in [0.15, 0.2) is 5.82 Å². The van der Waals surface area contributed by atoms with Crippen LogP contribution in [-0.2, 0) is 0 Å². The highest BCUT2D eigenvalue weighted by molar-refractivity contribution is 6.10. The zero-order chi connectivity index (χ0) is 42.1. The summed E-state index contributed by atoms with van der Waals surface area (Å²) >= 11 is 0. The number of allylic oxidation sites excluding steroid dienone is 4. The summed E-state index contributed by atoms with van der Waals surface area (Å²) in [5, 5.41) is 2.47. The Balaban J connectivity index is 0.951. The minimum atomic E-state index is 0.696. The number of aromatic nitrogens is 3. The molecule has 0 unspecified atom stereocenters. The number of anilines is 2. The number of rotatable bonds is 7. The van der Waals surface area contributed by atoms with Crippen LogP contribution in [0.2, 0.25) is 0 Å². The molecule has 0 spiro atoms. The summed E-state index contributed by atoms with van der Waals surface area (Å²) in [6.45, 7) is 5.26. The van der Waals surface area contributed by atoms with E-state index in [0.717, 1.165) is 67.4 Å². The number of nitrogens with zero attached hydrogens (tertiary/aromatic N) is 4. The van der Waals surface area contributed by atoms with Crippen LogP contribution in [-0.4, -0.2) is 21.1 Å². The molecule has 3 heterocycles. The quantitative estimate of drug-likeness (QED) is 0.161. The van der Waals surface area contributed by atoms with Crippen molar-refractivity contribution in [1.29, 1.82) is 0 Å². The molecule has 0 fully saturated rings. The van der Waals surface area contributed by atoms with Gasteiger partial charge in [0.2, 0.25) is 0 Å². The molecule has 2 aromatic heterocycles. The Morgan fingerprint density at radius 1 is 0.413 bits per heavy atom. The van der Waals surface area contributed by atoms with Crippen LogP contribution in [0.4, 0.5) is 11.4 Å². The van der Waals surface area contributed by atoms with Gasteiger partial charge >= 0.3 is 0 Å². The number of benzene rings is 8. The van der Waals surface area contributed by atoms with Crippen LogP contribution in [0, 0.1) is 0 Å². The maximum Gasteiger partial charge on any atom is 0.160 e. The minimum absolute atomic E-state index is 0.696. The van der Waals surface area contributed by atoms with Gasteiger partial charge in [-0.3, -0.25) is 0 Å². The average molecular weight is 807 g/mol. The third kappa shape index (κ3) is 7.24. The van der Waals surface area contributed by atoms with Gasteiger partial charge in [-0.25, -0.2) is 9.97 Å². The maximum absolute atomic E-state index is 5.13. The van der Waals surface area contributed by atoms with E-state index in [1.807, 2.05) is 24.3 Å². The van der Waals surface area contributed by atoms with Gasteiger partial charge in [-0.2, -0.15) is 0 Å². The lowest BCUT2D eigenvalue weighted by Crippen LogP contribution is -2.18. The van der Waals surface area contributed by atoms with Crippen LogP contribution in [0.3, 0.4) is 0 Å². The predicted molar refractivity (Wildman–Crippen MR) is 264 cm³/mol. The highest BCUT2D eigenvalue weighted by Crippen LogP contribution is 2.40. The fourth-order valence-corrected chi connectivity index (χ4v) is 8.80. The lowest BCUT2D eigenvalue weighted by molar-refractivity contribution is 1.09. The SMILES string of the molecule is C=C1/C=C\C=C/CN(c2ccc(-c3cc(-c4ccc(-c5ccccc5)cc4)nc(-c4ccccc4)n3)cc2)c2ccc(-c3ccc4c(c3)c3ccccc3n4-c3ccccc3)cc21. The van der Waals surface area contributed by atoms with E-state index < -0.39 is 0 Å². The molecule has 0 amide bonds. The van der Waals surface area contributed by atoms with E-state index in [-0.39, 0.29) is 0 Å².